The molecule has 13 heteroatoms. The Kier molecular flexibility index (Phi) is 19.9. The summed E-state index contributed by atoms with van der Waals surface area (Å²) in [4.78, 5) is 23.2. The second kappa shape index (κ2) is 24.0. The minimum absolute atomic E-state index is 0. The Morgan fingerprint density at radius 2 is 1.08 bits per heavy atom. The predicted molar refractivity (Wildman–Crippen MR) is 240 cm³/mol. The largest absolute Gasteiger partial charge is 0.390 e. The molecule has 4 aromatic carbocycles. The molecule has 2 amide bonds. The summed E-state index contributed by atoms with van der Waals surface area (Å²) in [5, 5.41) is 33.6. The van der Waals surface area contributed by atoms with Crippen LogP contribution in [0.2, 0.25) is 0 Å². The highest BCUT2D eigenvalue weighted by atomic mass is 79.9. The third-order valence-corrected chi connectivity index (χ3v) is 10.8. The van der Waals surface area contributed by atoms with Gasteiger partial charge in [-0.3, -0.25) is 9.59 Å². The van der Waals surface area contributed by atoms with E-state index in [0.29, 0.717) is 11.1 Å². The van der Waals surface area contributed by atoms with Gasteiger partial charge in [-0.1, -0.05) is 53.5 Å². The van der Waals surface area contributed by atoms with Crippen LogP contribution in [0.1, 0.15) is 88.6 Å². The number of terminal acetylenes is 1. The highest BCUT2D eigenvalue weighted by Gasteiger charge is 2.45. The number of benzene rings is 4. The molecule has 2 aliphatic carbocycles. The molecular formula is C49H57BrF4N4O4. The van der Waals surface area contributed by atoms with Gasteiger partial charge in [0.05, 0.1) is 24.3 Å². The van der Waals surface area contributed by atoms with Crippen LogP contribution in [0, 0.1) is 47.5 Å². The summed E-state index contributed by atoms with van der Waals surface area (Å²) in [6.07, 6.45) is 6.76. The SMILES string of the molecule is C.C#CC.CC#Cc1cccc(C2(NC[C@@H](O)[C@H](Cc3cc(F)cc(F)c3)NC(C)=O)CC2)c1.CC(=O)N[C@@H](Cc1cc(F)cc(F)c1)[C@H](O)CNC1(c2cccc(Br)c2)CC1. The van der Waals surface area contributed by atoms with Crippen molar-refractivity contribution >= 4 is 27.7 Å². The molecule has 0 unspecified atom stereocenters. The Balaban J connectivity index is 0.000000307. The molecule has 0 radical (unpaired) electrons. The van der Waals surface area contributed by atoms with Crippen LogP contribution in [0.5, 0.6) is 0 Å². The van der Waals surface area contributed by atoms with Gasteiger partial charge < -0.3 is 31.5 Å². The molecule has 6 N–H and O–H groups in total. The third-order valence-electron chi connectivity index (χ3n) is 10.3. The van der Waals surface area contributed by atoms with Crippen molar-refractivity contribution < 1.29 is 37.4 Å². The molecule has 0 spiro atoms. The van der Waals surface area contributed by atoms with E-state index in [1.54, 1.807) is 13.8 Å². The lowest BCUT2D eigenvalue weighted by Gasteiger charge is -2.27. The molecule has 8 nitrogen and oxygen atoms in total. The maximum Gasteiger partial charge on any atom is 0.217 e. The summed E-state index contributed by atoms with van der Waals surface area (Å²) in [5.41, 5.74) is 3.53. The van der Waals surface area contributed by atoms with E-state index in [1.165, 1.54) is 38.1 Å². The summed E-state index contributed by atoms with van der Waals surface area (Å²) < 4.78 is 55.0. The summed E-state index contributed by atoms with van der Waals surface area (Å²) >= 11 is 3.48. The number of halogens is 5. The third kappa shape index (κ3) is 16.0. The van der Waals surface area contributed by atoms with Crippen LogP contribution in [0.4, 0.5) is 17.6 Å². The van der Waals surface area contributed by atoms with Crippen LogP contribution < -0.4 is 21.3 Å². The topological polar surface area (TPSA) is 123 Å². The smallest absolute Gasteiger partial charge is 0.217 e. The van der Waals surface area contributed by atoms with Crippen molar-refractivity contribution in [1.82, 2.24) is 21.3 Å². The number of amides is 2. The molecule has 4 aromatic rings. The number of rotatable bonds is 16. The number of hydrogen-bond donors (Lipinski definition) is 6. The van der Waals surface area contributed by atoms with Crippen molar-refractivity contribution in [2.75, 3.05) is 13.1 Å². The number of carbonyl (C=O) groups excluding carboxylic acids is 2. The molecule has 6 rings (SSSR count). The van der Waals surface area contributed by atoms with Gasteiger partial charge in [-0.15, -0.1) is 18.3 Å². The summed E-state index contributed by atoms with van der Waals surface area (Å²) in [6.45, 7) is 6.62. The number of carbonyl (C=O) groups is 2. The van der Waals surface area contributed by atoms with Crippen molar-refractivity contribution in [3.8, 4) is 24.2 Å². The first-order chi connectivity index (χ1) is 29.0. The predicted octanol–water partition coefficient (Wildman–Crippen LogP) is 7.71. The maximum absolute atomic E-state index is 13.5. The van der Waals surface area contributed by atoms with E-state index in [4.69, 9.17) is 0 Å². The van der Waals surface area contributed by atoms with Crippen molar-refractivity contribution in [3.63, 3.8) is 0 Å². The summed E-state index contributed by atoms with van der Waals surface area (Å²) in [7, 11) is 0. The van der Waals surface area contributed by atoms with E-state index >= 15 is 0 Å². The Hall–Kier alpha value is -5.02. The van der Waals surface area contributed by atoms with Crippen LogP contribution in [0.3, 0.4) is 0 Å². The molecular weight excluding hydrogens is 864 g/mol. The highest BCUT2D eigenvalue weighted by Crippen LogP contribution is 2.46. The molecule has 0 heterocycles. The zero-order chi connectivity index (χ0) is 44.7. The highest BCUT2D eigenvalue weighted by molar-refractivity contribution is 9.10. The van der Waals surface area contributed by atoms with E-state index in [-0.39, 0.29) is 56.3 Å². The minimum Gasteiger partial charge on any atom is -0.390 e. The first kappa shape index (κ1) is 51.3. The zero-order valence-electron chi connectivity index (χ0n) is 34.7. The van der Waals surface area contributed by atoms with Gasteiger partial charge >= 0.3 is 0 Å². The lowest BCUT2D eigenvalue weighted by molar-refractivity contribution is -0.121. The molecule has 2 saturated carbocycles. The molecule has 0 saturated heterocycles. The van der Waals surface area contributed by atoms with Gasteiger partial charge in [-0.05, 0) is 123 Å². The maximum atomic E-state index is 13.5. The quantitative estimate of drug-likeness (QED) is 0.0506. The molecule has 62 heavy (non-hydrogen) atoms. The van der Waals surface area contributed by atoms with Crippen LogP contribution in [-0.2, 0) is 33.5 Å². The van der Waals surface area contributed by atoms with E-state index in [0.717, 1.165) is 59.0 Å². The van der Waals surface area contributed by atoms with Gasteiger partial charge in [0.2, 0.25) is 11.8 Å². The molecule has 2 aliphatic rings. The molecule has 2 fully saturated rings. The fourth-order valence-electron chi connectivity index (χ4n) is 7.15. The molecule has 4 atom stereocenters. The van der Waals surface area contributed by atoms with Crippen LogP contribution in [0.25, 0.3) is 0 Å². The molecule has 0 aromatic heterocycles. The van der Waals surface area contributed by atoms with Crippen LogP contribution >= 0.6 is 15.9 Å². The zero-order valence-corrected chi connectivity index (χ0v) is 36.3. The number of hydrogen-bond acceptors (Lipinski definition) is 6. The second-order valence-electron chi connectivity index (χ2n) is 15.4. The van der Waals surface area contributed by atoms with E-state index < -0.39 is 47.6 Å². The average Bonchev–Trinajstić information content (AvgIpc) is 4.12. The Morgan fingerprint density at radius 1 is 0.694 bits per heavy atom. The van der Waals surface area contributed by atoms with Gasteiger partial charge in [0.15, 0.2) is 0 Å². The monoisotopic (exact) mass is 920 g/mol. The van der Waals surface area contributed by atoms with Gasteiger partial charge in [-0.2, -0.15) is 0 Å². The lowest BCUT2D eigenvalue weighted by Crippen LogP contribution is -2.49. The first-order valence-electron chi connectivity index (χ1n) is 20.0. The summed E-state index contributed by atoms with van der Waals surface area (Å²) in [6, 6.07) is 21.1. The number of nitrogens with one attached hydrogen (secondary N) is 4. The van der Waals surface area contributed by atoms with Gasteiger partial charge in [-0.25, -0.2) is 17.6 Å². The summed E-state index contributed by atoms with van der Waals surface area (Å²) in [5.74, 6) is 4.82. The molecule has 0 aliphatic heterocycles. The van der Waals surface area contributed by atoms with Crippen LogP contribution in [-0.4, -0.2) is 59.4 Å². The fourth-order valence-corrected chi connectivity index (χ4v) is 7.55. The van der Waals surface area contributed by atoms with Crippen molar-refractivity contribution in [3.05, 3.63) is 140 Å². The molecule has 0 bridgehead atoms. The van der Waals surface area contributed by atoms with Gasteiger partial charge in [0.1, 0.15) is 23.3 Å². The number of aliphatic hydroxyl groups is 2. The lowest BCUT2D eigenvalue weighted by atomic mass is 9.98. The van der Waals surface area contributed by atoms with Crippen molar-refractivity contribution in [1.29, 1.82) is 0 Å². The minimum atomic E-state index is -0.934. The Bertz CT molecular complexity index is 2190. The first-order valence-corrected chi connectivity index (χ1v) is 20.8. The normalized spacial score (nSPS) is 15.6. The average molecular weight is 922 g/mol. The van der Waals surface area contributed by atoms with E-state index in [2.05, 4.69) is 61.4 Å². The Labute approximate surface area is 371 Å². The molecule has 332 valence electrons. The van der Waals surface area contributed by atoms with Gasteiger partial charge in [0.25, 0.3) is 0 Å². The standard InChI is InChI=1S/C24H26F2N2O2.C21H23BrF2N2O2.C3H4.CH4/c1-3-5-17-6-4-7-19(10-17)24(8-9-24)27-15-23(30)22(28-16(2)29)13-18-11-20(25)14-21(26)12-18;1-13(27)26-19(9-14-7-17(23)11-18(24)8-14)20(28)12-25-21(5-6-21)15-3-2-4-16(22)10-15;1-3-2;/h4,6-7,10-12,14,22-23,27,30H,8-9,13,15H2,1-2H3,(H,28,29);2-4,7-8,10-11,19-20,25,28H,5-6,9,12H2,1H3,(H,26,27);1H,2H3;1H4/t22-,23+;19-,20+;;/m00../s1. The fraction of sp³-hybridized carbons (Fsp3) is 0.388. The van der Waals surface area contributed by atoms with E-state index in [9.17, 15) is 37.4 Å². The van der Waals surface area contributed by atoms with Gasteiger partial charge in [0, 0.05) is 60.2 Å². The van der Waals surface area contributed by atoms with Crippen molar-refractivity contribution in [2.24, 2.45) is 0 Å². The second-order valence-corrected chi connectivity index (χ2v) is 16.3. The van der Waals surface area contributed by atoms with Crippen LogP contribution in [0.15, 0.2) is 89.4 Å². The Morgan fingerprint density at radius 3 is 1.44 bits per heavy atom. The van der Waals surface area contributed by atoms with E-state index in [1.807, 2.05) is 48.5 Å². The van der Waals surface area contributed by atoms with Crippen molar-refractivity contribution in [2.45, 2.75) is 109 Å². The number of aliphatic hydroxyl groups excluding tert-OH is 2.